The second kappa shape index (κ2) is 4.64. The minimum Gasteiger partial charge on any atom is -0.249 e. The van der Waals surface area contributed by atoms with E-state index in [0.29, 0.717) is 6.04 Å². The van der Waals surface area contributed by atoms with Gasteiger partial charge in [0.25, 0.3) is 0 Å². The molecule has 2 rings (SSSR count). The quantitative estimate of drug-likeness (QED) is 0.774. The highest BCUT2D eigenvalue weighted by molar-refractivity contribution is 9.08. The van der Waals surface area contributed by atoms with Crippen molar-refractivity contribution in [3.05, 3.63) is 11.9 Å². The lowest BCUT2D eigenvalue weighted by Gasteiger charge is -2.31. The monoisotopic (exact) mass is 271 g/mol. The first-order chi connectivity index (χ1) is 7.20. The van der Waals surface area contributed by atoms with Crippen molar-refractivity contribution in [2.24, 2.45) is 11.8 Å². The Morgan fingerprint density at radius 2 is 2.20 bits per heavy atom. The van der Waals surface area contributed by atoms with Gasteiger partial charge in [-0.25, -0.2) is 4.68 Å². The predicted molar refractivity (Wildman–Crippen MR) is 63.9 cm³/mol. The third kappa shape index (κ3) is 2.41. The van der Waals surface area contributed by atoms with Crippen molar-refractivity contribution in [3.63, 3.8) is 0 Å². The Labute approximate surface area is 99.4 Å². The topological polar surface area (TPSA) is 30.7 Å². The highest BCUT2D eigenvalue weighted by atomic mass is 79.9. The Morgan fingerprint density at radius 1 is 1.40 bits per heavy atom. The summed E-state index contributed by atoms with van der Waals surface area (Å²) >= 11 is 3.40. The van der Waals surface area contributed by atoms with Crippen molar-refractivity contribution in [1.82, 2.24) is 15.0 Å². The Bertz CT molecular complexity index is 323. The maximum absolute atomic E-state index is 4.21. The van der Waals surface area contributed by atoms with Crippen LogP contribution in [0.3, 0.4) is 0 Å². The fraction of sp³-hybridized carbons (Fsp3) is 0.818. The standard InChI is InChI=1S/C11H18BrN3/c1-8-3-4-11(5-9(8)2)15-7-10(6-12)13-14-15/h7-9,11H,3-6H2,1-2H3. The van der Waals surface area contributed by atoms with Gasteiger partial charge in [0.15, 0.2) is 0 Å². The first-order valence-corrected chi connectivity index (χ1v) is 6.79. The molecule has 1 aromatic heterocycles. The van der Waals surface area contributed by atoms with Crippen LogP contribution in [0.5, 0.6) is 0 Å². The van der Waals surface area contributed by atoms with Gasteiger partial charge in [-0.3, -0.25) is 0 Å². The van der Waals surface area contributed by atoms with Crippen LogP contribution in [0.15, 0.2) is 6.20 Å². The minimum atomic E-state index is 0.566. The van der Waals surface area contributed by atoms with Crippen molar-refractivity contribution in [3.8, 4) is 0 Å². The number of rotatable bonds is 2. The molecule has 3 atom stereocenters. The predicted octanol–water partition coefficient (Wildman–Crippen LogP) is 3.17. The molecular formula is C11H18BrN3. The van der Waals surface area contributed by atoms with Crippen LogP contribution in [-0.2, 0) is 5.33 Å². The summed E-state index contributed by atoms with van der Waals surface area (Å²) in [6, 6.07) is 0.566. The van der Waals surface area contributed by atoms with Crippen molar-refractivity contribution < 1.29 is 0 Å². The maximum atomic E-state index is 4.21. The molecule has 3 unspecified atom stereocenters. The van der Waals surface area contributed by atoms with Crippen LogP contribution in [0, 0.1) is 11.8 Å². The van der Waals surface area contributed by atoms with Crippen LogP contribution in [0.25, 0.3) is 0 Å². The van der Waals surface area contributed by atoms with Gasteiger partial charge in [0, 0.05) is 11.5 Å². The number of nitrogens with zero attached hydrogens (tertiary/aromatic N) is 3. The van der Waals surface area contributed by atoms with E-state index >= 15 is 0 Å². The molecule has 1 fully saturated rings. The summed E-state index contributed by atoms with van der Waals surface area (Å²) in [6.45, 7) is 4.70. The van der Waals surface area contributed by atoms with Gasteiger partial charge in [-0.05, 0) is 31.1 Å². The summed E-state index contributed by atoms with van der Waals surface area (Å²) in [4.78, 5) is 0. The van der Waals surface area contributed by atoms with Crippen molar-refractivity contribution in [2.75, 3.05) is 0 Å². The van der Waals surface area contributed by atoms with E-state index < -0.39 is 0 Å². The molecule has 3 nitrogen and oxygen atoms in total. The van der Waals surface area contributed by atoms with Crippen LogP contribution in [0.1, 0.15) is 44.8 Å². The Hall–Kier alpha value is -0.380. The van der Waals surface area contributed by atoms with E-state index in [0.717, 1.165) is 22.9 Å². The molecule has 0 saturated heterocycles. The Morgan fingerprint density at radius 3 is 2.80 bits per heavy atom. The summed E-state index contributed by atoms with van der Waals surface area (Å²) in [6.07, 6.45) is 5.88. The lowest BCUT2D eigenvalue weighted by molar-refractivity contribution is 0.199. The van der Waals surface area contributed by atoms with Crippen LogP contribution in [0.4, 0.5) is 0 Å². The fourth-order valence-corrected chi connectivity index (χ4v) is 2.57. The Balaban J connectivity index is 2.05. The van der Waals surface area contributed by atoms with E-state index in [4.69, 9.17) is 0 Å². The summed E-state index contributed by atoms with van der Waals surface area (Å²) in [5, 5.41) is 9.12. The average Bonchev–Trinajstić information content (AvgIpc) is 2.70. The molecule has 0 bridgehead atoms. The zero-order valence-corrected chi connectivity index (χ0v) is 10.9. The molecule has 1 aliphatic carbocycles. The molecule has 1 aliphatic rings. The zero-order valence-electron chi connectivity index (χ0n) is 9.36. The second-order valence-electron chi connectivity index (χ2n) is 4.74. The third-order valence-electron chi connectivity index (χ3n) is 3.64. The van der Waals surface area contributed by atoms with Gasteiger partial charge >= 0.3 is 0 Å². The molecule has 0 aromatic carbocycles. The van der Waals surface area contributed by atoms with Gasteiger partial charge in [0.2, 0.25) is 0 Å². The lowest BCUT2D eigenvalue weighted by atomic mass is 9.79. The van der Waals surface area contributed by atoms with E-state index in [9.17, 15) is 0 Å². The van der Waals surface area contributed by atoms with Gasteiger partial charge in [0.05, 0.1) is 11.7 Å². The SMILES string of the molecule is CC1CCC(n2cc(CBr)nn2)CC1C. The average molecular weight is 272 g/mol. The number of alkyl halides is 1. The number of aromatic nitrogens is 3. The molecule has 15 heavy (non-hydrogen) atoms. The molecule has 1 saturated carbocycles. The molecule has 0 radical (unpaired) electrons. The van der Waals surface area contributed by atoms with Crippen molar-refractivity contribution >= 4 is 15.9 Å². The summed E-state index contributed by atoms with van der Waals surface area (Å²) < 4.78 is 2.05. The smallest absolute Gasteiger partial charge is 0.0932 e. The highest BCUT2D eigenvalue weighted by Crippen LogP contribution is 2.35. The van der Waals surface area contributed by atoms with Crippen molar-refractivity contribution in [1.29, 1.82) is 0 Å². The van der Waals surface area contributed by atoms with Gasteiger partial charge < -0.3 is 0 Å². The minimum absolute atomic E-state index is 0.566. The van der Waals surface area contributed by atoms with E-state index in [1.807, 2.05) is 0 Å². The Kier molecular flexibility index (Phi) is 3.44. The lowest BCUT2D eigenvalue weighted by Crippen LogP contribution is -2.23. The van der Waals surface area contributed by atoms with Crippen LogP contribution in [-0.4, -0.2) is 15.0 Å². The molecule has 1 heterocycles. The number of hydrogen-bond donors (Lipinski definition) is 0. The highest BCUT2D eigenvalue weighted by Gasteiger charge is 2.26. The first-order valence-electron chi connectivity index (χ1n) is 5.67. The van der Waals surface area contributed by atoms with E-state index in [2.05, 4.69) is 51.0 Å². The molecule has 0 aliphatic heterocycles. The van der Waals surface area contributed by atoms with E-state index in [1.54, 1.807) is 0 Å². The first kappa shape index (κ1) is 11.1. The maximum Gasteiger partial charge on any atom is 0.0932 e. The molecule has 0 N–H and O–H groups in total. The number of halogens is 1. The molecule has 4 heteroatoms. The molecular weight excluding hydrogens is 254 g/mol. The molecule has 84 valence electrons. The normalized spacial score (nSPS) is 31.8. The summed E-state index contributed by atoms with van der Waals surface area (Å²) in [7, 11) is 0. The molecule has 1 aromatic rings. The molecule has 0 amide bonds. The van der Waals surface area contributed by atoms with Crippen LogP contribution >= 0.6 is 15.9 Å². The van der Waals surface area contributed by atoms with Gasteiger partial charge in [-0.15, -0.1) is 5.10 Å². The van der Waals surface area contributed by atoms with Gasteiger partial charge in [0.1, 0.15) is 0 Å². The van der Waals surface area contributed by atoms with E-state index in [-0.39, 0.29) is 0 Å². The summed E-state index contributed by atoms with van der Waals surface area (Å²) in [5.74, 6) is 1.67. The fourth-order valence-electron chi connectivity index (χ4n) is 2.31. The van der Waals surface area contributed by atoms with Crippen LogP contribution in [0.2, 0.25) is 0 Å². The summed E-state index contributed by atoms with van der Waals surface area (Å²) in [5.41, 5.74) is 1.03. The van der Waals surface area contributed by atoms with Gasteiger partial charge in [-0.2, -0.15) is 0 Å². The van der Waals surface area contributed by atoms with Gasteiger partial charge in [-0.1, -0.05) is 35.0 Å². The number of hydrogen-bond acceptors (Lipinski definition) is 2. The van der Waals surface area contributed by atoms with Crippen LogP contribution < -0.4 is 0 Å². The van der Waals surface area contributed by atoms with E-state index in [1.165, 1.54) is 19.3 Å². The zero-order chi connectivity index (χ0) is 10.8. The van der Waals surface area contributed by atoms with Crippen molar-refractivity contribution in [2.45, 2.75) is 44.5 Å². The molecule has 0 spiro atoms. The third-order valence-corrected chi connectivity index (χ3v) is 4.21. The second-order valence-corrected chi connectivity index (χ2v) is 5.31. The largest absolute Gasteiger partial charge is 0.249 e.